The van der Waals surface area contributed by atoms with Crippen molar-refractivity contribution in [1.82, 2.24) is 5.32 Å². The largest absolute Gasteiger partial charge is 0.468 e. The zero-order valence-electron chi connectivity index (χ0n) is 9.54. The van der Waals surface area contributed by atoms with Crippen LogP contribution < -0.4 is 5.32 Å². The first-order valence-corrected chi connectivity index (χ1v) is 6.12. The van der Waals surface area contributed by atoms with Gasteiger partial charge in [-0.1, -0.05) is 13.3 Å². The van der Waals surface area contributed by atoms with Gasteiger partial charge in [0.25, 0.3) is 0 Å². The summed E-state index contributed by atoms with van der Waals surface area (Å²) in [5.74, 6) is 0.444. The number of hydrogen-bond acceptors (Lipinski definition) is 4. The van der Waals surface area contributed by atoms with E-state index in [1.54, 1.807) is 11.8 Å². The Labute approximate surface area is 95.1 Å². The SMILES string of the molecule is CCCCSC(C)C(=O)NCC(=O)OC. The molecule has 15 heavy (non-hydrogen) atoms. The van der Waals surface area contributed by atoms with Gasteiger partial charge in [-0.05, 0) is 19.1 Å². The third-order valence-corrected chi connectivity index (χ3v) is 3.11. The van der Waals surface area contributed by atoms with Gasteiger partial charge in [-0.25, -0.2) is 0 Å². The molecule has 88 valence electrons. The Morgan fingerprint density at radius 1 is 1.47 bits per heavy atom. The van der Waals surface area contributed by atoms with Crippen LogP contribution in [0.1, 0.15) is 26.7 Å². The fourth-order valence-electron chi connectivity index (χ4n) is 0.855. The molecular formula is C10H19NO3S. The van der Waals surface area contributed by atoms with Crippen molar-refractivity contribution < 1.29 is 14.3 Å². The second kappa shape index (κ2) is 8.59. The van der Waals surface area contributed by atoms with Crippen LogP contribution in [-0.2, 0) is 14.3 Å². The standard InChI is InChI=1S/C10H19NO3S/c1-4-5-6-15-8(2)10(13)11-7-9(12)14-3/h8H,4-7H2,1-3H3,(H,11,13). The molecule has 1 atom stereocenters. The topological polar surface area (TPSA) is 55.4 Å². The van der Waals surface area contributed by atoms with E-state index >= 15 is 0 Å². The van der Waals surface area contributed by atoms with Gasteiger partial charge in [-0.2, -0.15) is 0 Å². The van der Waals surface area contributed by atoms with Crippen molar-refractivity contribution in [2.24, 2.45) is 0 Å². The number of ether oxygens (including phenoxy) is 1. The summed E-state index contributed by atoms with van der Waals surface area (Å²) < 4.78 is 4.42. The van der Waals surface area contributed by atoms with Crippen LogP contribution in [0.25, 0.3) is 0 Å². The highest BCUT2D eigenvalue weighted by Gasteiger charge is 2.13. The van der Waals surface area contributed by atoms with Gasteiger partial charge in [-0.15, -0.1) is 11.8 Å². The summed E-state index contributed by atoms with van der Waals surface area (Å²) in [7, 11) is 1.30. The second-order valence-corrected chi connectivity index (χ2v) is 4.61. The summed E-state index contributed by atoms with van der Waals surface area (Å²) in [6.45, 7) is 3.91. The molecule has 0 radical (unpaired) electrons. The number of amides is 1. The molecule has 4 nitrogen and oxygen atoms in total. The summed E-state index contributed by atoms with van der Waals surface area (Å²) in [5, 5.41) is 2.42. The highest BCUT2D eigenvalue weighted by Crippen LogP contribution is 2.12. The molecule has 1 unspecified atom stereocenters. The first-order chi connectivity index (χ1) is 7.11. The lowest BCUT2D eigenvalue weighted by atomic mass is 10.4. The number of carbonyl (C=O) groups excluding carboxylic acids is 2. The number of esters is 1. The van der Waals surface area contributed by atoms with E-state index in [2.05, 4.69) is 17.0 Å². The van der Waals surface area contributed by atoms with E-state index in [9.17, 15) is 9.59 Å². The maximum atomic E-state index is 11.4. The molecule has 0 saturated heterocycles. The Morgan fingerprint density at radius 2 is 2.13 bits per heavy atom. The van der Waals surface area contributed by atoms with Crippen LogP contribution in [0.2, 0.25) is 0 Å². The van der Waals surface area contributed by atoms with Gasteiger partial charge in [-0.3, -0.25) is 9.59 Å². The Hall–Kier alpha value is -0.710. The molecule has 0 fully saturated rings. The number of nitrogens with one attached hydrogen (secondary N) is 1. The minimum Gasteiger partial charge on any atom is -0.468 e. The lowest BCUT2D eigenvalue weighted by Crippen LogP contribution is -2.35. The number of thioether (sulfide) groups is 1. The molecule has 0 aliphatic heterocycles. The van der Waals surface area contributed by atoms with Gasteiger partial charge in [0.05, 0.1) is 12.4 Å². The van der Waals surface area contributed by atoms with Gasteiger partial charge < -0.3 is 10.1 Å². The first kappa shape index (κ1) is 14.3. The quantitative estimate of drug-likeness (QED) is 0.530. The molecule has 0 aromatic rings. The van der Waals surface area contributed by atoms with Crippen LogP contribution in [-0.4, -0.2) is 36.5 Å². The minimum absolute atomic E-state index is 0.0476. The van der Waals surface area contributed by atoms with E-state index in [0.29, 0.717) is 0 Å². The van der Waals surface area contributed by atoms with Crippen LogP contribution in [0.3, 0.4) is 0 Å². The van der Waals surface area contributed by atoms with E-state index < -0.39 is 5.97 Å². The van der Waals surface area contributed by atoms with Gasteiger partial charge in [0.15, 0.2) is 0 Å². The molecule has 0 aliphatic carbocycles. The van der Waals surface area contributed by atoms with Crippen molar-refractivity contribution in [1.29, 1.82) is 0 Å². The highest BCUT2D eigenvalue weighted by molar-refractivity contribution is 8.00. The van der Waals surface area contributed by atoms with Crippen LogP contribution in [0.15, 0.2) is 0 Å². The summed E-state index contributed by atoms with van der Waals surface area (Å²) >= 11 is 1.60. The maximum absolute atomic E-state index is 11.4. The molecule has 0 saturated carbocycles. The lowest BCUT2D eigenvalue weighted by Gasteiger charge is -2.10. The number of hydrogen-bond donors (Lipinski definition) is 1. The normalized spacial score (nSPS) is 11.9. The molecule has 0 rings (SSSR count). The van der Waals surface area contributed by atoms with E-state index in [0.717, 1.165) is 18.6 Å². The van der Waals surface area contributed by atoms with E-state index in [1.807, 2.05) is 6.92 Å². The van der Waals surface area contributed by atoms with E-state index in [1.165, 1.54) is 7.11 Å². The van der Waals surface area contributed by atoms with Crippen LogP contribution in [0, 0.1) is 0 Å². The summed E-state index contributed by atoms with van der Waals surface area (Å²) in [6, 6.07) is 0. The lowest BCUT2D eigenvalue weighted by molar-refractivity contribution is -0.141. The van der Waals surface area contributed by atoms with Gasteiger partial charge >= 0.3 is 5.97 Å². The number of unbranched alkanes of at least 4 members (excludes halogenated alkanes) is 1. The molecule has 5 heteroatoms. The van der Waals surface area contributed by atoms with Crippen molar-refractivity contribution in [3.8, 4) is 0 Å². The van der Waals surface area contributed by atoms with Gasteiger partial charge in [0.1, 0.15) is 6.54 Å². The van der Waals surface area contributed by atoms with E-state index in [-0.39, 0.29) is 17.7 Å². The molecule has 1 N–H and O–H groups in total. The molecule has 0 bridgehead atoms. The predicted molar refractivity (Wildman–Crippen MR) is 61.9 cm³/mol. The van der Waals surface area contributed by atoms with Gasteiger partial charge in [0.2, 0.25) is 5.91 Å². The van der Waals surface area contributed by atoms with Crippen molar-refractivity contribution in [2.45, 2.75) is 31.9 Å². The average Bonchev–Trinajstić information content (AvgIpc) is 2.25. The number of carbonyl (C=O) groups is 2. The molecule has 1 amide bonds. The molecule has 0 spiro atoms. The second-order valence-electron chi connectivity index (χ2n) is 3.16. The molecule has 0 heterocycles. The Kier molecular flexibility index (Phi) is 8.18. The molecule has 0 aromatic heterocycles. The molecule has 0 aromatic carbocycles. The maximum Gasteiger partial charge on any atom is 0.325 e. The first-order valence-electron chi connectivity index (χ1n) is 5.08. The third kappa shape index (κ3) is 7.25. The zero-order chi connectivity index (χ0) is 11.7. The van der Waals surface area contributed by atoms with Gasteiger partial charge in [0, 0.05) is 0 Å². The number of rotatable bonds is 7. The van der Waals surface area contributed by atoms with E-state index in [4.69, 9.17) is 0 Å². The summed E-state index contributed by atoms with van der Waals surface area (Å²) in [5.41, 5.74) is 0. The average molecular weight is 233 g/mol. The van der Waals surface area contributed by atoms with Crippen molar-refractivity contribution in [3.05, 3.63) is 0 Å². The Bertz CT molecular complexity index is 209. The summed E-state index contributed by atoms with van der Waals surface area (Å²) in [6.07, 6.45) is 2.24. The van der Waals surface area contributed by atoms with Crippen LogP contribution >= 0.6 is 11.8 Å². The highest BCUT2D eigenvalue weighted by atomic mass is 32.2. The Balaban J connectivity index is 3.64. The number of methoxy groups -OCH3 is 1. The fraction of sp³-hybridized carbons (Fsp3) is 0.800. The van der Waals surface area contributed by atoms with Crippen molar-refractivity contribution in [3.63, 3.8) is 0 Å². The molecule has 0 aliphatic rings. The molecular weight excluding hydrogens is 214 g/mol. The van der Waals surface area contributed by atoms with Crippen molar-refractivity contribution >= 4 is 23.6 Å². The summed E-state index contributed by atoms with van der Waals surface area (Å²) in [4.78, 5) is 22.2. The van der Waals surface area contributed by atoms with Crippen molar-refractivity contribution in [2.75, 3.05) is 19.4 Å². The smallest absolute Gasteiger partial charge is 0.325 e. The minimum atomic E-state index is -0.422. The monoisotopic (exact) mass is 233 g/mol. The van der Waals surface area contributed by atoms with Crippen LogP contribution in [0.4, 0.5) is 0 Å². The third-order valence-electron chi connectivity index (χ3n) is 1.87. The Morgan fingerprint density at radius 3 is 2.67 bits per heavy atom. The predicted octanol–water partition coefficient (Wildman–Crippen LogP) is 1.20. The van der Waals surface area contributed by atoms with Crippen LogP contribution in [0.5, 0.6) is 0 Å². The zero-order valence-corrected chi connectivity index (χ0v) is 10.4. The fourth-order valence-corrected chi connectivity index (χ4v) is 1.90.